The number of methoxy groups -OCH3 is 2. The molecule has 1 aromatic carbocycles. The summed E-state index contributed by atoms with van der Waals surface area (Å²) < 4.78 is 21.1. The summed E-state index contributed by atoms with van der Waals surface area (Å²) in [6.07, 6.45) is 0.0865. The lowest BCUT2D eigenvalue weighted by molar-refractivity contribution is -0.147. The fourth-order valence-corrected chi connectivity index (χ4v) is 2.54. The van der Waals surface area contributed by atoms with Gasteiger partial charge in [-0.1, -0.05) is 6.07 Å². The monoisotopic (exact) mass is 339 g/mol. The number of hydrogen-bond acceptors (Lipinski definition) is 6. The fourth-order valence-electron chi connectivity index (χ4n) is 2.54. The Hall–Kier alpha value is -2.32. The minimum absolute atomic E-state index is 0.252. The van der Waals surface area contributed by atoms with Crippen LogP contribution in [0.3, 0.4) is 0 Å². The predicted molar refractivity (Wildman–Crippen MR) is 83.6 cm³/mol. The maximum absolute atomic E-state index is 12.6. The fraction of sp³-hybridized carbons (Fsp3) is 0.500. The lowest BCUT2D eigenvalue weighted by atomic mass is 10.1. The second kappa shape index (κ2) is 8.51. The molecule has 0 saturated carbocycles. The van der Waals surface area contributed by atoms with Crippen molar-refractivity contribution < 1.29 is 33.6 Å². The van der Waals surface area contributed by atoms with Gasteiger partial charge >= 0.3 is 5.97 Å². The van der Waals surface area contributed by atoms with E-state index in [1.807, 2.05) is 0 Å². The maximum Gasteiger partial charge on any atom is 0.329 e. The molecule has 0 aromatic heterocycles. The smallest absolute Gasteiger partial charge is 0.329 e. The average molecular weight is 339 g/mol. The molecule has 2 rings (SSSR count). The third-order valence-electron chi connectivity index (χ3n) is 3.68. The van der Waals surface area contributed by atoms with E-state index in [9.17, 15) is 9.59 Å². The number of rotatable bonds is 7. The molecule has 1 aliphatic rings. The number of carbonyl (C=O) groups is 2. The first-order valence-electron chi connectivity index (χ1n) is 7.49. The summed E-state index contributed by atoms with van der Waals surface area (Å²) in [5.41, 5.74) is 0.319. The van der Waals surface area contributed by atoms with Gasteiger partial charge in [0.1, 0.15) is 6.61 Å². The molecular weight excluding hydrogens is 318 g/mol. The summed E-state index contributed by atoms with van der Waals surface area (Å²) in [6.45, 7) is 0.293. The molecule has 0 aliphatic carbocycles. The van der Waals surface area contributed by atoms with Gasteiger partial charge in [0.2, 0.25) is 0 Å². The Morgan fingerprint density at radius 3 is 2.79 bits per heavy atom. The molecule has 0 unspecified atom stereocenters. The van der Waals surface area contributed by atoms with Crippen LogP contribution in [0.4, 0.5) is 0 Å². The molecule has 1 fully saturated rings. The first kappa shape index (κ1) is 18.0. The second-order valence-electron chi connectivity index (χ2n) is 5.23. The average Bonchev–Trinajstić information content (AvgIpc) is 2.59. The zero-order chi connectivity index (χ0) is 17.5. The van der Waals surface area contributed by atoms with Crippen molar-refractivity contribution in [2.75, 3.05) is 34.0 Å². The highest BCUT2D eigenvalue weighted by atomic mass is 16.5. The lowest BCUT2D eigenvalue weighted by Crippen LogP contribution is -2.51. The van der Waals surface area contributed by atoms with Gasteiger partial charge in [-0.25, -0.2) is 4.79 Å². The lowest BCUT2D eigenvalue weighted by Gasteiger charge is -2.31. The van der Waals surface area contributed by atoms with E-state index in [0.717, 1.165) is 0 Å². The maximum atomic E-state index is 12.6. The van der Waals surface area contributed by atoms with E-state index < -0.39 is 24.7 Å². The van der Waals surface area contributed by atoms with Crippen molar-refractivity contribution in [1.82, 2.24) is 5.32 Å². The highest BCUT2D eigenvalue weighted by Gasteiger charge is 2.30. The van der Waals surface area contributed by atoms with Gasteiger partial charge < -0.3 is 29.4 Å². The van der Waals surface area contributed by atoms with Crippen molar-refractivity contribution in [3.63, 3.8) is 0 Å². The number of carboxylic acids is 1. The number of benzene rings is 1. The molecule has 0 spiro atoms. The Bertz CT molecular complexity index is 590. The van der Waals surface area contributed by atoms with Gasteiger partial charge in [-0.15, -0.1) is 0 Å². The van der Waals surface area contributed by atoms with Crippen LogP contribution < -0.4 is 14.8 Å². The molecular formula is C16H21NO7. The van der Waals surface area contributed by atoms with Crippen molar-refractivity contribution >= 4 is 11.9 Å². The molecule has 0 radical (unpaired) electrons. The predicted octanol–water partition coefficient (Wildman–Crippen LogP) is 0.692. The minimum Gasteiger partial charge on any atom is -0.493 e. The van der Waals surface area contributed by atoms with Crippen molar-refractivity contribution in [3.05, 3.63) is 23.8 Å². The molecule has 24 heavy (non-hydrogen) atoms. The van der Waals surface area contributed by atoms with Crippen molar-refractivity contribution in [2.24, 2.45) is 0 Å². The summed E-state index contributed by atoms with van der Waals surface area (Å²) in [5.74, 6) is -0.646. The normalized spacial score (nSPS) is 20.2. The van der Waals surface area contributed by atoms with Crippen LogP contribution in [-0.2, 0) is 14.3 Å². The first-order valence-corrected chi connectivity index (χ1v) is 7.49. The van der Waals surface area contributed by atoms with Crippen molar-refractivity contribution in [1.29, 1.82) is 0 Å². The Labute approximate surface area is 139 Å². The van der Waals surface area contributed by atoms with E-state index in [2.05, 4.69) is 5.32 Å². The third kappa shape index (κ3) is 4.36. The molecule has 1 aliphatic heterocycles. The molecule has 2 N–H and O–H groups in total. The van der Waals surface area contributed by atoms with Crippen LogP contribution >= 0.6 is 0 Å². The van der Waals surface area contributed by atoms with Crippen LogP contribution in [0.1, 0.15) is 16.8 Å². The van der Waals surface area contributed by atoms with Gasteiger partial charge in [-0.05, 0) is 18.6 Å². The van der Waals surface area contributed by atoms with E-state index in [0.29, 0.717) is 30.1 Å². The van der Waals surface area contributed by atoms with Crippen LogP contribution in [0.15, 0.2) is 18.2 Å². The van der Waals surface area contributed by atoms with Gasteiger partial charge in [-0.3, -0.25) is 4.79 Å². The zero-order valence-corrected chi connectivity index (χ0v) is 13.6. The Morgan fingerprint density at radius 2 is 2.12 bits per heavy atom. The van der Waals surface area contributed by atoms with E-state index in [1.54, 1.807) is 18.2 Å². The number of carbonyl (C=O) groups excluding carboxylic acids is 1. The number of amides is 1. The van der Waals surface area contributed by atoms with Crippen LogP contribution in [0, 0.1) is 0 Å². The molecule has 0 bridgehead atoms. The molecule has 8 nitrogen and oxygen atoms in total. The van der Waals surface area contributed by atoms with E-state index in [1.165, 1.54) is 14.2 Å². The van der Waals surface area contributed by atoms with E-state index in [-0.39, 0.29) is 12.5 Å². The SMILES string of the molecule is COc1cccc(C(=O)N[C@@H]2COCC[C@@H]2OCC(=O)O)c1OC. The van der Waals surface area contributed by atoms with E-state index in [4.69, 9.17) is 24.1 Å². The van der Waals surface area contributed by atoms with Gasteiger partial charge in [0.25, 0.3) is 5.91 Å². The molecule has 1 amide bonds. The number of nitrogens with one attached hydrogen (secondary N) is 1. The molecule has 1 saturated heterocycles. The van der Waals surface area contributed by atoms with E-state index >= 15 is 0 Å². The highest BCUT2D eigenvalue weighted by Crippen LogP contribution is 2.30. The first-order chi connectivity index (χ1) is 11.6. The van der Waals surface area contributed by atoms with Crippen LogP contribution in [0.5, 0.6) is 11.5 Å². The molecule has 1 heterocycles. The summed E-state index contributed by atoms with van der Waals surface area (Å²) in [7, 11) is 2.95. The molecule has 132 valence electrons. The number of para-hydroxylation sites is 1. The van der Waals surface area contributed by atoms with Crippen LogP contribution in [0.2, 0.25) is 0 Å². The van der Waals surface area contributed by atoms with Gasteiger partial charge in [-0.2, -0.15) is 0 Å². The highest BCUT2D eigenvalue weighted by molar-refractivity contribution is 5.98. The standard InChI is InChI=1S/C16H21NO7/c1-21-13-5-3-4-10(15(13)22-2)16(20)17-11-8-23-7-6-12(11)24-9-14(18)19/h3-5,11-12H,6-9H2,1-2H3,(H,17,20)(H,18,19)/t11-,12+/m1/s1. The summed E-state index contributed by atoms with van der Waals surface area (Å²) in [4.78, 5) is 23.2. The third-order valence-corrected chi connectivity index (χ3v) is 3.68. The van der Waals surface area contributed by atoms with Gasteiger partial charge in [0, 0.05) is 6.61 Å². The minimum atomic E-state index is -1.05. The second-order valence-corrected chi connectivity index (χ2v) is 5.23. The quantitative estimate of drug-likeness (QED) is 0.753. The number of aliphatic carboxylic acids is 1. The van der Waals surface area contributed by atoms with Gasteiger partial charge in [0.15, 0.2) is 11.5 Å². The van der Waals surface area contributed by atoms with Crippen molar-refractivity contribution in [3.8, 4) is 11.5 Å². The Balaban J connectivity index is 2.11. The topological polar surface area (TPSA) is 103 Å². The van der Waals surface area contributed by atoms with Gasteiger partial charge in [0.05, 0.1) is 38.5 Å². The molecule has 8 heteroatoms. The summed E-state index contributed by atoms with van der Waals surface area (Å²) in [6, 6.07) is 4.55. The number of hydrogen-bond donors (Lipinski definition) is 2. The Kier molecular flexibility index (Phi) is 6.39. The number of carboxylic acid groups (broad SMARTS) is 1. The zero-order valence-electron chi connectivity index (χ0n) is 13.6. The molecule has 2 atom stereocenters. The van der Waals surface area contributed by atoms with Crippen LogP contribution in [-0.4, -0.2) is 63.2 Å². The summed E-state index contributed by atoms with van der Waals surface area (Å²) in [5, 5.41) is 11.6. The Morgan fingerprint density at radius 1 is 1.33 bits per heavy atom. The number of ether oxygens (including phenoxy) is 4. The molecule has 1 aromatic rings. The van der Waals surface area contributed by atoms with Crippen molar-refractivity contribution in [2.45, 2.75) is 18.6 Å². The summed E-state index contributed by atoms with van der Waals surface area (Å²) >= 11 is 0. The largest absolute Gasteiger partial charge is 0.493 e. The van der Waals surface area contributed by atoms with Crippen LogP contribution in [0.25, 0.3) is 0 Å².